The fraction of sp³-hybridized carbons (Fsp3) is 0. The van der Waals surface area contributed by atoms with Crippen LogP contribution in [0.3, 0.4) is 0 Å². The van der Waals surface area contributed by atoms with Crippen LogP contribution in [0.2, 0.25) is 0 Å². The zero-order chi connectivity index (χ0) is 0. The summed E-state index contributed by atoms with van der Waals surface area (Å²) < 4.78 is 0. The Labute approximate surface area is 144 Å². The van der Waals surface area contributed by atoms with Crippen molar-refractivity contribution in [3.8, 4) is 0 Å². The maximum atomic E-state index is 0. The Morgan fingerprint density at radius 3 is 0.500 bits per heavy atom. The predicted molar refractivity (Wildman–Crippen MR) is 5.81 cm³/mol. The molecule has 0 aliphatic heterocycles. The molecule has 24 valence electrons. The second-order valence-electron chi connectivity index (χ2n) is 0. The first-order chi connectivity index (χ1) is 0. The zero-order valence-electron chi connectivity index (χ0n) is 4.34. The third-order valence-electron chi connectivity index (χ3n) is 0. The summed E-state index contributed by atoms with van der Waals surface area (Å²) >= 11 is 0. The average molecular weight is 152 g/mol. The Morgan fingerprint density at radius 2 is 0.500 bits per heavy atom. The third kappa shape index (κ3) is 24.2. The SMILES string of the molecule is [K+].[K+].[Na+].[OH-].[OH-].[OH-]. The Bertz CT molecular complexity index is 8.75. The molecule has 0 saturated carbocycles. The molecular formula is H3K2NaO3. The molecule has 0 radical (unpaired) electrons. The van der Waals surface area contributed by atoms with Gasteiger partial charge in [0.2, 0.25) is 0 Å². The van der Waals surface area contributed by atoms with Crippen molar-refractivity contribution in [2.45, 2.75) is 0 Å². The van der Waals surface area contributed by atoms with E-state index < -0.39 is 0 Å². The summed E-state index contributed by atoms with van der Waals surface area (Å²) in [5.74, 6) is 0. The summed E-state index contributed by atoms with van der Waals surface area (Å²) in [7, 11) is 0. The first kappa shape index (κ1) is 49.3. The zero-order valence-corrected chi connectivity index (χ0v) is 12.6. The number of hydrogen-bond acceptors (Lipinski definition) is 3. The van der Waals surface area contributed by atoms with Crippen molar-refractivity contribution in [3.05, 3.63) is 0 Å². The molecule has 0 unspecified atom stereocenters. The van der Waals surface area contributed by atoms with Gasteiger partial charge in [0, 0.05) is 0 Å². The van der Waals surface area contributed by atoms with E-state index in [1.807, 2.05) is 0 Å². The van der Waals surface area contributed by atoms with Gasteiger partial charge in [-0.05, 0) is 0 Å². The molecule has 0 rings (SSSR count). The van der Waals surface area contributed by atoms with E-state index in [0.29, 0.717) is 0 Å². The Balaban J connectivity index is 0. The summed E-state index contributed by atoms with van der Waals surface area (Å²) in [6.45, 7) is 0. The number of rotatable bonds is 0. The smallest absolute Gasteiger partial charge is 0.870 e. The molecule has 0 fully saturated rings. The quantitative estimate of drug-likeness (QED) is 0.323. The van der Waals surface area contributed by atoms with Gasteiger partial charge >= 0.3 is 132 Å². The molecule has 0 aromatic rings. The molecular weight excluding hydrogens is 149 g/mol. The molecule has 0 aromatic carbocycles. The van der Waals surface area contributed by atoms with Gasteiger partial charge in [0.1, 0.15) is 0 Å². The molecule has 0 bridgehead atoms. The Hall–Kier alpha value is 4.15. The molecule has 0 aliphatic carbocycles. The van der Waals surface area contributed by atoms with Gasteiger partial charge < -0.3 is 16.4 Å². The van der Waals surface area contributed by atoms with Crippen molar-refractivity contribution in [1.82, 2.24) is 0 Å². The van der Waals surface area contributed by atoms with Crippen LogP contribution in [0.25, 0.3) is 0 Å². The van der Waals surface area contributed by atoms with Gasteiger partial charge in [-0.2, -0.15) is 0 Å². The summed E-state index contributed by atoms with van der Waals surface area (Å²) in [5.41, 5.74) is 0. The fourth-order valence-corrected chi connectivity index (χ4v) is 0. The standard InChI is InChI=1S/2K.Na.3H2O/h;;;3*1H2/q3*+1;;;/p-3. The van der Waals surface area contributed by atoms with Gasteiger partial charge in [-0.1, -0.05) is 0 Å². The molecule has 6 heavy (non-hydrogen) atoms. The second kappa shape index (κ2) is 35.3. The third-order valence-corrected chi connectivity index (χ3v) is 0. The first-order valence-corrected chi connectivity index (χ1v) is 0. The van der Waals surface area contributed by atoms with Crippen molar-refractivity contribution in [3.63, 3.8) is 0 Å². The molecule has 0 heterocycles. The van der Waals surface area contributed by atoms with Crippen LogP contribution in [0.1, 0.15) is 0 Å². The van der Waals surface area contributed by atoms with Crippen LogP contribution in [-0.4, -0.2) is 16.4 Å². The van der Waals surface area contributed by atoms with E-state index in [1.165, 1.54) is 0 Å². The fourth-order valence-electron chi connectivity index (χ4n) is 0. The molecule has 3 nitrogen and oxygen atoms in total. The van der Waals surface area contributed by atoms with Crippen LogP contribution < -0.4 is 132 Å². The van der Waals surface area contributed by atoms with Crippen molar-refractivity contribution in [2.24, 2.45) is 0 Å². The molecule has 0 aliphatic rings. The topological polar surface area (TPSA) is 90.0 Å². The van der Waals surface area contributed by atoms with Crippen LogP contribution in [0.5, 0.6) is 0 Å². The van der Waals surface area contributed by atoms with E-state index in [-0.39, 0.29) is 149 Å². The van der Waals surface area contributed by atoms with E-state index in [1.54, 1.807) is 0 Å². The van der Waals surface area contributed by atoms with Crippen molar-refractivity contribution >= 4 is 0 Å². The Kier molecular flexibility index (Phi) is 290. The number of hydrogen-bond donors (Lipinski definition) is 0. The normalized spacial score (nSPS) is 0. The van der Waals surface area contributed by atoms with Crippen LogP contribution >= 0.6 is 0 Å². The van der Waals surface area contributed by atoms with E-state index in [0.717, 1.165) is 0 Å². The minimum Gasteiger partial charge on any atom is -0.870 e. The average Bonchev–Trinajstić information content (AvgIpc) is 0. The summed E-state index contributed by atoms with van der Waals surface area (Å²) in [5, 5.41) is 0. The van der Waals surface area contributed by atoms with Crippen molar-refractivity contribution < 1.29 is 149 Å². The van der Waals surface area contributed by atoms with Crippen molar-refractivity contribution in [1.29, 1.82) is 0 Å². The van der Waals surface area contributed by atoms with Gasteiger partial charge in [-0.3, -0.25) is 0 Å². The maximum absolute atomic E-state index is 0. The van der Waals surface area contributed by atoms with Gasteiger partial charge in [0.15, 0.2) is 0 Å². The molecule has 0 spiro atoms. The second-order valence-corrected chi connectivity index (χ2v) is 0. The summed E-state index contributed by atoms with van der Waals surface area (Å²) in [6.07, 6.45) is 0. The van der Waals surface area contributed by atoms with E-state index in [2.05, 4.69) is 0 Å². The molecule has 3 N–H and O–H groups in total. The van der Waals surface area contributed by atoms with Crippen LogP contribution in [0.15, 0.2) is 0 Å². The van der Waals surface area contributed by atoms with Gasteiger partial charge in [0.05, 0.1) is 0 Å². The summed E-state index contributed by atoms with van der Waals surface area (Å²) in [6, 6.07) is 0. The summed E-state index contributed by atoms with van der Waals surface area (Å²) in [4.78, 5) is 0. The van der Waals surface area contributed by atoms with Crippen molar-refractivity contribution in [2.75, 3.05) is 0 Å². The van der Waals surface area contributed by atoms with E-state index >= 15 is 0 Å². The minimum atomic E-state index is 0. The van der Waals surface area contributed by atoms with Crippen LogP contribution in [-0.2, 0) is 0 Å². The molecule has 0 saturated heterocycles. The molecule has 0 atom stereocenters. The minimum absolute atomic E-state index is 0. The first-order valence-electron chi connectivity index (χ1n) is 0. The predicted octanol–water partition coefficient (Wildman–Crippen LogP) is -9.52. The van der Waals surface area contributed by atoms with E-state index in [4.69, 9.17) is 0 Å². The van der Waals surface area contributed by atoms with Gasteiger partial charge in [0.25, 0.3) is 0 Å². The van der Waals surface area contributed by atoms with Crippen LogP contribution in [0, 0.1) is 0 Å². The maximum Gasteiger partial charge on any atom is 1.00 e. The molecule has 6 heteroatoms. The monoisotopic (exact) mass is 152 g/mol. The van der Waals surface area contributed by atoms with Gasteiger partial charge in [-0.25, -0.2) is 0 Å². The Morgan fingerprint density at radius 1 is 0.500 bits per heavy atom. The van der Waals surface area contributed by atoms with Gasteiger partial charge in [-0.15, -0.1) is 0 Å². The largest absolute Gasteiger partial charge is 1.00 e. The molecule has 0 amide bonds. The van der Waals surface area contributed by atoms with Crippen LogP contribution in [0.4, 0.5) is 0 Å². The van der Waals surface area contributed by atoms with E-state index in [9.17, 15) is 0 Å². The molecule has 0 aromatic heterocycles.